The van der Waals surface area contributed by atoms with Crippen LogP contribution in [0, 0.1) is 0 Å². The zero-order valence-corrected chi connectivity index (χ0v) is 23.3. The van der Waals surface area contributed by atoms with Crippen LogP contribution in [0.5, 0.6) is 5.75 Å². The van der Waals surface area contributed by atoms with Crippen molar-refractivity contribution in [1.29, 1.82) is 0 Å². The van der Waals surface area contributed by atoms with Gasteiger partial charge < -0.3 is 19.6 Å². The molecule has 4 aromatic carbocycles. The monoisotopic (exact) mass is 550 g/mol. The van der Waals surface area contributed by atoms with Gasteiger partial charge in [-0.25, -0.2) is 0 Å². The molecule has 4 rings (SSSR count). The second kappa shape index (κ2) is 13.9. The van der Waals surface area contributed by atoms with Crippen LogP contribution in [0.15, 0.2) is 103 Å². The molecule has 0 atom stereocenters. The predicted octanol–water partition coefficient (Wildman–Crippen LogP) is 5.79. The Morgan fingerprint density at radius 3 is 1.90 bits per heavy atom. The Balaban J connectivity index is 1.64. The lowest BCUT2D eigenvalue weighted by molar-refractivity contribution is -0.137. The van der Waals surface area contributed by atoms with E-state index in [-0.39, 0.29) is 24.8 Å². The molecule has 7 nitrogen and oxygen atoms in total. The number of aliphatic carboxylic acids is 1. The van der Waals surface area contributed by atoms with Crippen LogP contribution in [0.3, 0.4) is 0 Å². The number of ether oxygens (including phenoxy) is 1. The molecule has 0 spiro atoms. The minimum Gasteiger partial charge on any atom is -0.496 e. The molecule has 4 aromatic rings. The summed E-state index contributed by atoms with van der Waals surface area (Å²) in [5, 5.41) is 9.37. The summed E-state index contributed by atoms with van der Waals surface area (Å²) in [5.74, 6) is -0.724. The van der Waals surface area contributed by atoms with Gasteiger partial charge in [-0.05, 0) is 46.9 Å². The first-order valence-electron chi connectivity index (χ1n) is 13.5. The van der Waals surface area contributed by atoms with Gasteiger partial charge in [0, 0.05) is 37.8 Å². The van der Waals surface area contributed by atoms with Crippen molar-refractivity contribution in [2.24, 2.45) is 0 Å². The largest absolute Gasteiger partial charge is 0.496 e. The van der Waals surface area contributed by atoms with E-state index in [0.717, 1.165) is 11.1 Å². The highest BCUT2D eigenvalue weighted by atomic mass is 16.5. The molecule has 7 heteroatoms. The minimum atomic E-state index is -0.981. The Labute approximate surface area is 240 Å². The minimum absolute atomic E-state index is 0.0536. The smallest absolute Gasteiger partial charge is 0.305 e. The second-order valence-electron chi connectivity index (χ2n) is 9.74. The van der Waals surface area contributed by atoms with Crippen molar-refractivity contribution in [3.63, 3.8) is 0 Å². The molecule has 0 unspecified atom stereocenters. The number of methoxy groups -OCH3 is 1. The van der Waals surface area contributed by atoms with Crippen molar-refractivity contribution in [3.8, 4) is 16.9 Å². The number of hydrogen-bond acceptors (Lipinski definition) is 4. The molecule has 2 amide bonds. The molecular weight excluding hydrogens is 516 g/mol. The summed E-state index contributed by atoms with van der Waals surface area (Å²) in [6.07, 6.45) is 0.316. The van der Waals surface area contributed by atoms with E-state index in [0.29, 0.717) is 47.5 Å². The van der Waals surface area contributed by atoms with Gasteiger partial charge in [0.25, 0.3) is 11.8 Å². The molecule has 0 aliphatic carbocycles. The van der Waals surface area contributed by atoms with Gasteiger partial charge in [0.2, 0.25) is 0 Å². The first-order chi connectivity index (χ1) is 19.9. The van der Waals surface area contributed by atoms with Gasteiger partial charge in [-0.1, -0.05) is 84.9 Å². The van der Waals surface area contributed by atoms with E-state index >= 15 is 0 Å². The molecule has 0 aromatic heterocycles. The highest BCUT2D eigenvalue weighted by Crippen LogP contribution is 2.29. The van der Waals surface area contributed by atoms with Crippen LogP contribution in [-0.2, 0) is 17.8 Å². The maximum Gasteiger partial charge on any atom is 0.305 e. The standard InChI is InChI=1S/C34H34N2O5/c1-35(24-25-12-4-3-5-13-25)33(39)29-17-9-7-15-27(29)28-16-8-10-18-30(28)34(40)36(23-21-32(37)38)22-20-26-14-6-11-19-31(26)41-2/h3-19H,20-24H2,1-2H3,(H,37,38). The van der Waals surface area contributed by atoms with Crippen LogP contribution < -0.4 is 4.74 Å². The van der Waals surface area contributed by atoms with Crippen LogP contribution in [0.25, 0.3) is 11.1 Å². The molecule has 0 bridgehead atoms. The van der Waals surface area contributed by atoms with Crippen molar-refractivity contribution >= 4 is 17.8 Å². The Bertz CT molecular complexity index is 1500. The van der Waals surface area contributed by atoms with E-state index in [1.807, 2.05) is 84.9 Å². The number of rotatable bonds is 12. The number of benzene rings is 4. The van der Waals surface area contributed by atoms with Gasteiger partial charge in [-0.2, -0.15) is 0 Å². The van der Waals surface area contributed by atoms with Gasteiger partial charge in [0.15, 0.2) is 0 Å². The fourth-order valence-electron chi connectivity index (χ4n) is 4.82. The van der Waals surface area contributed by atoms with Crippen molar-refractivity contribution < 1.29 is 24.2 Å². The summed E-state index contributed by atoms with van der Waals surface area (Å²) in [6, 6.07) is 31.7. The summed E-state index contributed by atoms with van der Waals surface area (Å²) in [4.78, 5) is 42.3. The molecule has 0 saturated carbocycles. The van der Waals surface area contributed by atoms with Gasteiger partial charge in [-0.3, -0.25) is 14.4 Å². The number of carboxylic acids is 1. The lowest BCUT2D eigenvalue weighted by Gasteiger charge is -2.25. The summed E-state index contributed by atoms with van der Waals surface area (Å²) in [6.45, 7) is 0.805. The number of para-hydroxylation sites is 1. The van der Waals surface area contributed by atoms with Crippen LogP contribution >= 0.6 is 0 Å². The van der Waals surface area contributed by atoms with E-state index in [9.17, 15) is 19.5 Å². The molecule has 210 valence electrons. The first-order valence-corrected chi connectivity index (χ1v) is 13.5. The topological polar surface area (TPSA) is 87.1 Å². The van der Waals surface area contributed by atoms with Gasteiger partial charge >= 0.3 is 5.97 Å². The fraction of sp³-hybridized carbons (Fsp3) is 0.206. The van der Waals surface area contributed by atoms with E-state index in [2.05, 4.69) is 0 Å². The Hall–Kier alpha value is -4.91. The zero-order valence-electron chi connectivity index (χ0n) is 23.3. The van der Waals surface area contributed by atoms with Crippen LogP contribution in [-0.4, -0.2) is 59.9 Å². The third-order valence-corrected chi connectivity index (χ3v) is 6.94. The molecule has 41 heavy (non-hydrogen) atoms. The van der Waals surface area contributed by atoms with Crippen molar-refractivity contribution in [1.82, 2.24) is 9.80 Å². The SMILES string of the molecule is COc1ccccc1CCN(CCC(=O)O)C(=O)c1ccccc1-c1ccccc1C(=O)N(C)Cc1ccccc1. The highest BCUT2D eigenvalue weighted by molar-refractivity contribution is 6.06. The molecule has 0 aliphatic heterocycles. The predicted molar refractivity (Wildman–Crippen MR) is 159 cm³/mol. The molecule has 1 N–H and O–H groups in total. The molecule has 0 heterocycles. The Morgan fingerprint density at radius 1 is 0.707 bits per heavy atom. The number of carbonyl (C=O) groups excluding carboxylic acids is 2. The fourth-order valence-corrected chi connectivity index (χ4v) is 4.82. The van der Waals surface area contributed by atoms with Gasteiger partial charge in [0.05, 0.1) is 13.5 Å². The Morgan fingerprint density at radius 2 is 1.27 bits per heavy atom. The van der Waals surface area contributed by atoms with Crippen molar-refractivity contribution in [2.75, 3.05) is 27.2 Å². The highest BCUT2D eigenvalue weighted by Gasteiger charge is 2.24. The molecular formula is C34H34N2O5. The lowest BCUT2D eigenvalue weighted by Crippen LogP contribution is -2.35. The van der Waals surface area contributed by atoms with Crippen LogP contribution in [0.2, 0.25) is 0 Å². The van der Waals surface area contributed by atoms with Crippen molar-refractivity contribution in [3.05, 3.63) is 125 Å². The maximum absolute atomic E-state index is 14.0. The van der Waals surface area contributed by atoms with E-state index < -0.39 is 5.97 Å². The maximum atomic E-state index is 14.0. The third kappa shape index (κ3) is 7.39. The van der Waals surface area contributed by atoms with Crippen LogP contribution in [0.1, 0.15) is 38.3 Å². The van der Waals surface area contributed by atoms with E-state index in [1.165, 1.54) is 0 Å². The molecule has 0 aliphatic rings. The number of carboxylic acid groups (broad SMARTS) is 1. The van der Waals surface area contributed by atoms with Crippen LogP contribution in [0.4, 0.5) is 0 Å². The second-order valence-corrected chi connectivity index (χ2v) is 9.74. The van der Waals surface area contributed by atoms with E-state index in [1.54, 1.807) is 42.2 Å². The lowest BCUT2D eigenvalue weighted by atomic mass is 9.94. The number of nitrogens with zero attached hydrogens (tertiary/aromatic N) is 2. The normalized spacial score (nSPS) is 10.6. The van der Waals surface area contributed by atoms with Gasteiger partial charge in [-0.15, -0.1) is 0 Å². The molecule has 0 radical (unpaired) electrons. The number of amides is 2. The molecule has 0 saturated heterocycles. The zero-order chi connectivity index (χ0) is 29.2. The average molecular weight is 551 g/mol. The van der Waals surface area contributed by atoms with Gasteiger partial charge in [0.1, 0.15) is 5.75 Å². The first kappa shape index (κ1) is 29.1. The number of carbonyl (C=O) groups is 3. The average Bonchev–Trinajstić information content (AvgIpc) is 3.01. The summed E-state index contributed by atoms with van der Waals surface area (Å²) in [7, 11) is 3.35. The van der Waals surface area contributed by atoms with Crippen molar-refractivity contribution in [2.45, 2.75) is 19.4 Å². The summed E-state index contributed by atoms with van der Waals surface area (Å²) in [5.41, 5.74) is 4.09. The number of hydrogen-bond donors (Lipinski definition) is 1. The summed E-state index contributed by atoms with van der Waals surface area (Å²) < 4.78 is 5.46. The van der Waals surface area contributed by atoms with E-state index in [4.69, 9.17) is 4.74 Å². The third-order valence-electron chi connectivity index (χ3n) is 6.94. The molecule has 0 fully saturated rings. The summed E-state index contributed by atoms with van der Waals surface area (Å²) >= 11 is 0. The quantitative estimate of drug-likeness (QED) is 0.241. The Kier molecular flexibility index (Phi) is 9.89.